The third kappa shape index (κ3) is 2.30. The van der Waals surface area contributed by atoms with E-state index in [1.807, 2.05) is 25.1 Å². The average molecular weight is 233 g/mol. The Hall–Kier alpha value is -1.84. The minimum Gasteiger partial charge on any atom is -0.496 e. The number of aryl methyl sites for hydroxylation is 1. The molecule has 0 N–H and O–H groups in total. The van der Waals surface area contributed by atoms with Gasteiger partial charge in [0.1, 0.15) is 5.75 Å². The lowest BCUT2D eigenvalue weighted by molar-refractivity contribution is -0.139. The van der Waals surface area contributed by atoms with Crippen LogP contribution in [0.2, 0.25) is 0 Å². The van der Waals surface area contributed by atoms with Crippen molar-refractivity contribution in [1.29, 1.82) is 0 Å². The van der Waals surface area contributed by atoms with Crippen LogP contribution in [-0.2, 0) is 16.1 Å². The van der Waals surface area contributed by atoms with Crippen LogP contribution in [0, 0.1) is 6.92 Å². The van der Waals surface area contributed by atoms with Crippen LogP contribution in [-0.4, -0.2) is 23.8 Å². The molecule has 1 aromatic rings. The van der Waals surface area contributed by atoms with Crippen molar-refractivity contribution >= 4 is 11.8 Å². The molecule has 0 bridgehead atoms. The number of hydrogen-bond donors (Lipinski definition) is 0. The zero-order valence-electron chi connectivity index (χ0n) is 10.0. The summed E-state index contributed by atoms with van der Waals surface area (Å²) in [4.78, 5) is 24.4. The summed E-state index contributed by atoms with van der Waals surface area (Å²) in [5, 5.41) is 0. The average Bonchev–Trinajstić information content (AvgIpc) is 2.61. The fraction of sp³-hybridized carbons (Fsp3) is 0.385. The highest BCUT2D eigenvalue weighted by Gasteiger charge is 2.29. The third-order valence-corrected chi connectivity index (χ3v) is 2.92. The number of rotatable bonds is 3. The summed E-state index contributed by atoms with van der Waals surface area (Å²) in [6.45, 7) is 2.28. The maximum Gasteiger partial charge on any atom is 0.230 e. The molecule has 90 valence electrons. The van der Waals surface area contributed by atoms with E-state index in [1.54, 1.807) is 7.11 Å². The monoisotopic (exact) mass is 233 g/mol. The van der Waals surface area contributed by atoms with Crippen molar-refractivity contribution in [3.05, 3.63) is 29.3 Å². The fourth-order valence-corrected chi connectivity index (χ4v) is 2.00. The number of methoxy groups -OCH3 is 1. The number of nitrogens with zero attached hydrogens (tertiary/aromatic N) is 1. The number of hydrogen-bond acceptors (Lipinski definition) is 3. The maximum atomic E-state index is 11.5. The molecular formula is C13H15NO3. The summed E-state index contributed by atoms with van der Waals surface area (Å²) in [5.74, 6) is 0.514. The second-order valence-corrected chi connectivity index (χ2v) is 4.19. The second kappa shape index (κ2) is 4.57. The molecule has 1 heterocycles. The van der Waals surface area contributed by atoms with Gasteiger partial charge in [-0.05, 0) is 13.0 Å². The largest absolute Gasteiger partial charge is 0.496 e. The molecule has 1 aromatic carbocycles. The van der Waals surface area contributed by atoms with E-state index in [2.05, 4.69) is 0 Å². The number of benzene rings is 1. The number of carbonyl (C=O) groups is 2. The summed E-state index contributed by atoms with van der Waals surface area (Å²) < 4.78 is 5.23. The van der Waals surface area contributed by atoms with Crippen molar-refractivity contribution < 1.29 is 14.3 Å². The van der Waals surface area contributed by atoms with Crippen LogP contribution < -0.4 is 4.74 Å². The molecule has 1 aliphatic rings. The minimum atomic E-state index is -0.0986. The molecule has 2 amide bonds. The first kappa shape index (κ1) is 11.6. The Morgan fingerprint density at radius 1 is 1.24 bits per heavy atom. The summed E-state index contributed by atoms with van der Waals surface area (Å²) in [6, 6.07) is 5.74. The van der Waals surface area contributed by atoms with E-state index in [-0.39, 0.29) is 11.8 Å². The normalized spacial score (nSPS) is 15.5. The molecule has 17 heavy (non-hydrogen) atoms. The Kier molecular flexibility index (Phi) is 3.13. The topological polar surface area (TPSA) is 46.6 Å². The molecule has 1 aliphatic heterocycles. The van der Waals surface area contributed by atoms with Crippen LogP contribution in [0.4, 0.5) is 0 Å². The number of amides is 2. The molecule has 2 rings (SSSR count). The van der Waals surface area contributed by atoms with Crippen LogP contribution >= 0.6 is 0 Å². The first-order chi connectivity index (χ1) is 8.11. The Labute approximate surface area is 100 Å². The van der Waals surface area contributed by atoms with E-state index in [9.17, 15) is 9.59 Å². The van der Waals surface area contributed by atoms with Crippen molar-refractivity contribution in [2.24, 2.45) is 0 Å². The number of carbonyl (C=O) groups excluding carboxylic acids is 2. The maximum absolute atomic E-state index is 11.5. The Bertz CT molecular complexity index is 452. The lowest BCUT2D eigenvalue weighted by Crippen LogP contribution is -2.28. The van der Waals surface area contributed by atoms with E-state index in [0.717, 1.165) is 11.1 Å². The van der Waals surface area contributed by atoms with E-state index < -0.39 is 0 Å². The first-order valence-electron chi connectivity index (χ1n) is 5.58. The zero-order valence-corrected chi connectivity index (χ0v) is 10.0. The van der Waals surface area contributed by atoms with Crippen LogP contribution in [0.1, 0.15) is 24.0 Å². The van der Waals surface area contributed by atoms with E-state index >= 15 is 0 Å². The standard InChI is InChI=1S/C13H15NO3/c1-9-3-4-11(17-2)10(7-9)8-14-12(15)5-6-13(14)16/h3-4,7H,5-6,8H2,1-2H3. The van der Waals surface area contributed by atoms with Gasteiger partial charge >= 0.3 is 0 Å². The second-order valence-electron chi connectivity index (χ2n) is 4.19. The van der Waals surface area contributed by atoms with Crippen LogP contribution in [0.5, 0.6) is 5.75 Å². The van der Waals surface area contributed by atoms with Crippen LogP contribution in [0.15, 0.2) is 18.2 Å². The summed E-state index contributed by atoms with van der Waals surface area (Å²) >= 11 is 0. The number of imide groups is 1. The highest BCUT2D eigenvalue weighted by atomic mass is 16.5. The molecule has 4 heteroatoms. The molecule has 0 aromatic heterocycles. The number of ether oxygens (including phenoxy) is 1. The van der Waals surface area contributed by atoms with Gasteiger partial charge in [-0.3, -0.25) is 14.5 Å². The molecule has 1 saturated heterocycles. The molecular weight excluding hydrogens is 218 g/mol. The first-order valence-corrected chi connectivity index (χ1v) is 5.58. The lowest BCUT2D eigenvalue weighted by Gasteiger charge is -2.16. The molecule has 0 radical (unpaired) electrons. The summed E-state index contributed by atoms with van der Waals surface area (Å²) in [7, 11) is 1.59. The molecule has 0 spiro atoms. The Morgan fingerprint density at radius 3 is 2.47 bits per heavy atom. The summed E-state index contributed by atoms with van der Waals surface area (Å²) in [6.07, 6.45) is 0.653. The van der Waals surface area contributed by atoms with Gasteiger partial charge in [0.25, 0.3) is 0 Å². The highest BCUT2D eigenvalue weighted by molar-refractivity contribution is 6.01. The predicted molar refractivity (Wildman–Crippen MR) is 62.5 cm³/mol. The third-order valence-electron chi connectivity index (χ3n) is 2.92. The van der Waals surface area contributed by atoms with Gasteiger partial charge in [0, 0.05) is 18.4 Å². The van der Waals surface area contributed by atoms with Crippen LogP contribution in [0.25, 0.3) is 0 Å². The molecule has 0 unspecified atom stereocenters. The van der Waals surface area contributed by atoms with Crippen molar-refractivity contribution in [2.45, 2.75) is 26.3 Å². The van der Waals surface area contributed by atoms with Gasteiger partial charge < -0.3 is 4.74 Å². The zero-order chi connectivity index (χ0) is 12.4. The molecule has 1 fully saturated rings. The highest BCUT2D eigenvalue weighted by Crippen LogP contribution is 2.24. The fourth-order valence-electron chi connectivity index (χ4n) is 2.00. The molecule has 4 nitrogen and oxygen atoms in total. The van der Waals surface area contributed by atoms with Crippen molar-refractivity contribution in [3.8, 4) is 5.75 Å². The SMILES string of the molecule is COc1ccc(C)cc1CN1C(=O)CCC1=O. The van der Waals surface area contributed by atoms with Gasteiger partial charge in [-0.25, -0.2) is 0 Å². The lowest BCUT2D eigenvalue weighted by atomic mass is 10.1. The smallest absolute Gasteiger partial charge is 0.230 e. The quantitative estimate of drug-likeness (QED) is 0.746. The Morgan fingerprint density at radius 2 is 1.88 bits per heavy atom. The number of likely N-dealkylation sites (tertiary alicyclic amines) is 1. The van der Waals surface area contributed by atoms with Crippen molar-refractivity contribution in [1.82, 2.24) is 4.90 Å². The van der Waals surface area contributed by atoms with E-state index in [4.69, 9.17) is 4.74 Å². The van der Waals surface area contributed by atoms with Crippen LogP contribution in [0.3, 0.4) is 0 Å². The van der Waals surface area contributed by atoms with Gasteiger partial charge in [0.05, 0.1) is 13.7 Å². The Balaban J connectivity index is 2.25. The predicted octanol–water partition coefficient (Wildman–Crippen LogP) is 1.65. The minimum absolute atomic E-state index is 0.0986. The van der Waals surface area contributed by atoms with E-state index in [1.165, 1.54) is 4.90 Å². The summed E-state index contributed by atoms with van der Waals surface area (Å²) in [5.41, 5.74) is 1.95. The molecule has 0 atom stereocenters. The van der Waals surface area contributed by atoms with Crippen molar-refractivity contribution in [3.63, 3.8) is 0 Å². The van der Waals surface area contributed by atoms with Crippen molar-refractivity contribution in [2.75, 3.05) is 7.11 Å². The van der Waals surface area contributed by atoms with Gasteiger partial charge in [0.15, 0.2) is 0 Å². The molecule has 0 saturated carbocycles. The molecule has 0 aliphatic carbocycles. The van der Waals surface area contributed by atoms with E-state index in [0.29, 0.717) is 25.1 Å². The van der Waals surface area contributed by atoms with Gasteiger partial charge in [-0.1, -0.05) is 17.7 Å². The van der Waals surface area contributed by atoms with Gasteiger partial charge in [0.2, 0.25) is 11.8 Å². The van der Waals surface area contributed by atoms with Gasteiger partial charge in [-0.15, -0.1) is 0 Å². The van der Waals surface area contributed by atoms with Gasteiger partial charge in [-0.2, -0.15) is 0 Å².